The maximum atomic E-state index is 13.1. The third-order valence-electron chi connectivity index (χ3n) is 2.42. The van der Waals surface area contributed by atoms with Crippen molar-refractivity contribution in [1.82, 2.24) is 0 Å². The van der Waals surface area contributed by atoms with Crippen LogP contribution in [0, 0.1) is 23.1 Å². The number of nitrogens with one attached hydrogen (secondary N) is 1. The molecule has 1 aromatic rings. The first-order valence-electron chi connectivity index (χ1n) is 5.00. The molecule has 0 radical (unpaired) electrons. The van der Waals surface area contributed by atoms with Gasteiger partial charge in [-0.25, -0.2) is 4.39 Å². The van der Waals surface area contributed by atoms with Gasteiger partial charge in [-0.1, -0.05) is 13.8 Å². The molecule has 1 N–H and O–H groups in total. The van der Waals surface area contributed by atoms with E-state index in [0.717, 1.165) is 0 Å². The van der Waals surface area contributed by atoms with E-state index in [1.807, 2.05) is 13.0 Å². The molecule has 0 aliphatic carbocycles. The first-order valence-corrected chi connectivity index (χ1v) is 5.00. The van der Waals surface area contributed by atoms with E-state index in [2.05, 4.69) is 19.2 Å². The predicted octanol–water partition coefficient (Wildman–Crippen LogP) is 3.15. The molecule has 1 rings (SSSR count). The molecule has 2 nitrogen and oxygen atoms in total. The molecule has 1 aromatic carbocycles. The molecule has 0 fully saturated rings. The molecule has 0 aromatic heterocycles. The molecule has 0 aliphatic heterocycles. The fraction of sp³-hybridized carbons (Fsp3) is 0.417. The maximum Gasteiger partial charge on any atom is 0.126 e. The van der Waals surface area contributed by atoms with Gasteiger partial charge in [-0.15, -0.1) is 0 Å². The molecule has 0 saturated heterocycles. The predicted molar refractivity (Wildman–Crippen MR) is 59.0 cm³/mol. The quantitative estimate of drug-likeness (QED) is 0.824. The van der Waals surface area contributed by atoms with Crippen molar-refractivity contribution in [3.05, 3.63) is 29.6 Å². The fourth-order valence-corrected chi connectivity index (χ4v) is 1.17. The number of nitriles is 1. The number of nitrogens with zero attached hydrogens (tertiary/aromatic N) is 1. The molecular weight excluding hydrogens is 191 g/mol. The van der Waals surface area contributed by atoms with E-state index < -0.39 is 0 Å². The van der Waals surface area contributed by atoms with E-state index >= 15 is 0 Å². The summed E-state index contributed by atoms with van der Waals surface area (Å²) in [5, 5.41) is 11.9. The molecule has 0 spiro atoms. The topological polar surface area (TPSA) is 35.8 Å². The van der Waals surface area contributed by atoms with Gasteiger partial charge in [0.05, 0.1) is 11.6 Å². The number of hydrogen-bond donors (Lipinski definition) is 1. The zero-order valence-corrected chi connectivity index (χ0v) is 9.21. The maximum absolute atomic E-state index is 13.1. The van der Waals surface area contributed by atoms with Gasteiger partial charge in [0.15, 0.2) is 0 Å². The van der Waals surface area contributed by atoms with E-state index in [0.29, 0.717) is 17.2 Å². The first-order chi connectivity index (χ1) is 7.02. The molecule has 0 bridgehead atoms. The standard InChI is InChI=1S/C12H15FN2/c1-8(2)9(3)15-12-5-10(7-14)4-11(13)6-12/h4-6,8-9,15H,1-3H3. The molecule has 0 heterocycles. The Morgan fingerprint density at radius 2 is 1.93 bits per heavy atom. The monoisotopic (exact) mass is 206 g/mol. The lowest BCUT2D eigenvalue weighted by atomic mass is 10.1. The van der Waals surface area contributed by atoms with Crippen molar-refractivity contribution in [2.45, 2.75) is 26.8 Å². The van der Waals surface area contributed by atoms with E-state index in [4.69, 9.17) is 5.26 Å². The number of anilines is 1. The Kier molecular flexibility index (Phi) is 3.68. The SMILES string of the molecule is CC(C)C(C)Nc1cc(F)cc(C#N)c1. The van der Waals surface area contributed by atoms with Crippen LogP contribution < -0.4 is 5.32 Å². The molecule has 80 valence electrons. The van der Waals surface area contributed by atoms with Crippen molar-refractivity contribution in [2.75, 3.05) is 5.32 Å². The van der Waals surface area contributed by atoms with Crippen molar-refractivity contribution >= 4 is 5.69 Å². The summed E-state index contributed by atoms with van der Waals surface area (Å²) < 4.78 is 13.1. The summed E-state index contributed by atoms with van der Waals surface area (Å²) in [5.74, 6) is 0.0753. The highest BCUT2D eigenvalue weighted by Crippen LogP contribution is 2.16. The molecule has 0 aliphatic rings. The van der Waals surface area contributed by atoms with Crippen molar-refractivity contribution in [3.8, 4) is 6.07 Å². The van der Waals surface area contributed by atoms with Crippen LogP contribution >= 0.6 is 0 Å². The fourth-order valence-electron chi connectivity index (χ4n) is 1.17. The second-order valence-corrected chi connectivity index (χ2v) is 4.02. The summed E-state index contributed by atoms with van der Waals surface area (Å²) in [6.07, 6.45) is 0. The van der Waals surface area contributed by atoms with Gasteiger partial charge in [0.1, 0.15) is 5.82 Å². The Morgan fingerprint density at radius 1 is 1.27 bits per heavy atom. The van der Waals surface area contributed by atoms with Crippen LogP contribution in [-0.2, 0) is 0 Å². The van der Waals surface area contributed by atoms with Gasteiger partial charge < -0.3 is 5.32 Å². The number of benzene rings is 1. The summed E-state index contributed by atoms with van der Waals surface area (Å²) in [4.78, 5) is 0. The lowest BCUT2D eigenvalue weighted by Gasteiger charge is -2.18. The zero-order valence-electron chi connectivity index (χ0n) is 9.21. The molecule has 15 heavy (non-hydrogen) atoms. The normalized spacial score (nSPS) is 12.3. The van der Waals surface area contributed by atoms with Gasteiger partial charge in [0.25, 0.3) is 0 Å². The van der Waals surface area contributed by atoms with Crippen molar-refractivity contribution < 1.29 is 4.39 Å². The van der Waals surface area contributed by atoms with Gasteiger partial charge in [-0.2, -0.15) is 5.26 Å². The van der Waals surface area contributed by atoms with Gasteiger partial charge in [0, 0.05) is 11.7 Å². The summed E-state index contributed by atoms with van der Waals surface area (Å²) in [6, 6.07) is 6.46. The van der Waals surface area contributed by atoms with Gasteiger partial charge >= 0.3 is 0 Å². The van der Waals surface area contributed by atoms with Crippen LogP contribution in [0.2, 0.25) is 0 Å². The molecular formula is C12H15FN2. The van der Waals surface area contributed by atoms with Gasteiger partial charge in [-0.3, -0.25) is 0 Å². The molecule has 1 atom stereocenters. The minimum absolute atomic E-state index is 0.248. The van der Waals surface area contributed by atoms with Crippen LogP contribution in [0.5, 0.6) is 0 Å². The molecule has 0 saturated carbocycles. The third kappa shape index (κ3) is 3.25. The van der Waals surface area contributed by atoms with Crippen LogP contribution in [0.1, 0.15) is 26.3 Å². The first kappa shape index (κ1) is 11.5. The average molecular weight is 206 g/mol. The summed E-state index contributed by atoms with van der Waals surface area (Å²) >= 11 is 0. The van der Waals surface area contributed by atoms with Gasteiger partial charge in [-0.05, 0) is 31.0 Å². The Balaban J connectivity index is 2.87. The minimum Gasteiger partial charge on any atom is -0.382 e. The van der Waals surface area contributed by atoms with E-state index in [-0.39, 0.29) is 11.9 Å². The largest absolute Gasteiger partial charge is 0.382 e. The van der Waals surface area contributed by atoms with E-state index in [1.54, 1.807) is 6.07 Å². The second-order valence-electron chi connectivity index (χ2n) is 4.02. The second kappa shape index (κ2) is 4.79. The van der Waals surface area contributed by atoms with Gasteiger partial charge in [0.2, 0.25) is 0 Å². The third-order valence-corrected chi connectivity index (χ3v) is 2.42. The van der Waals surface area contributed by atoms with Crippen molar-refractivity contribution in [2.24, 2.45) is 5.92 Å². The van der Waals surface area contributed by atoms with E-state index in [1.165, 1.54) is 12.1 Å². The highest BCUT2D eigenvalue weighted by Gasteiger charge is 2.07. The van der Waals surface area contributed by atoms with Crippen molar-refractivity contribution in [1.29, 1.82) is 5.26 Å². The highest BCUT2D eigenvalue weighted by molar-refractivity contribution is 5.50. The summed E-state index contributed by atoms with van der Waals surface area (Å²) in [5.41, 5.74) is 1.00. The van der Waals surface area contributed by atoms with Crippen molar-refractivity contribution in [3.63, 3.8) is 0 Å². The average Bonchev–Trinajstić information content (AvgIpc) is 2.16. The molecule has 3 heteroatoms. The Labute approximate surface area is 89.7 Å². The zero-order chi connectivity index (χ0) is 11.4. The Hall–Kier alpha value is -1.56. The van der Waals surface area contributed by atoms with Crippen LogP contribution in [0.3, 0.4) is 0 Å². The van der Waals surface area contributed by atoms with Crippen LogP contribution in [0.25, 0.3) is 0 Å². The highest BCUT2D eigenvalue weighted by atomic mass is 19.1. The lowest BCUT2D eigenvalue weighted by Crippen LogP contribution is -2.21. The van der Waals surface area contributed by atoms with Crippen LogP contribution in [0.15, 0.2) is 18.2 Å². The lowest BCUT2D eigenvalue weighted by molar-refractivity contribution is 0.559. The number of hydrogen-bond acceptors (Lipinski definition) is 2. The number of rotatable bonds is 3. The van der Waals surface area contributed by atoms with E-state index in [9.17, 15) is 4.39 Å². The summed E-state index contributed by atoms with van der Waals surface area (Å²) in [6.45, 7) is 6.20. The van der Waals surface area contributed by atoms with Crippen LogP contribution in [0.4, 0.5) is 10.1 Å². The molecule has 0 amide bonds. The Morgan fingerprint density at radius 3 is 2.47 bits per heavy atom. The Bertz CT molecular complexity index is 380. The summed E-state index contributed by atoms with van der Waals surface area (Å²) in [7, 11) is 0. The van der Waals surface area contributed by atoms with Crippen LogP contribution in [-0.4, -0.2) is 6.04 Å². The smallest absolute Gasteiger partial charge is 0.126 e. The minimum atomic E-state index is -0.382. The molecule has 1 unspecified atom stereocenters. The number of halogens is 1.